The molecule has 10 heavy (non-hydrogen) atoms. The number of nitrogen functional groups attached to an aromatic ring is 1. The summed E-state index contributed by atoms with van der Waals surface area (Å²) in [5, 5.41) is 0. The smallest absolute Gasteiger partial charge is 0.128 e. The van der Waals surface area contributed by atoms with E-state index in [0.29, 0.717) is 12.4 Å². The van der Waals surface area contributed by atoms with Crippen molar-refractivity contribution >= 4 is 5.82 Å². The van der Waals surface area contributed by atoms with Crippen molar-refractivity contribution < 1.29 is 4.84 Å². The van der Waals surface area contributed by atoms with Crippen LogP contribution in [-0.4, -0.2) is 4.98 Å². The van der Waals surface area contributed by atoms with Gasteiger partial charge in [-0.3, -0.25) is 4.84 Å². The van der Waals surface area contributed by atoms with Gasteiger partial charge >= 0.3 is 0 Å². The van der Waals surface area contributed by atoms with Crippen molar-refractivity contribution in [3.63, 3.8) is 0 Å². The lowest BCUT2D eigenvalue weighted by molar-refractivity contribution is 0.124. The fourth-order valence-electron chi connectivity index (χ4n) is 0.663. The lowest BCUT2D eigenvalue weighted by atomic mass is 10.3. The van der Waals surface area contributed by atoms with E-state index in [9.17, 15) is 0 Å². The highest BCUT2D eigenvalue weighted by Crippen LogP contribution is 2.06. The van der Waals surface area contributed by atoms with Crippen LogP contribution >= 0.6 is 0 Å². The average molecular weight is 139 g/mol. The Morgan fingerprint density at radius 2 is 2.40 bits per heavy atom. The molecule has 0 aliphatic heterocycles. The molecule has 0 radical (unpaired) electrons. The quantitative estimate of drug-likeness (QED) is 0.568. The van der Waals surface area contributed by atoms with Gasteiger partial charge in [-0.2, -0.15) is 0 Å². The molecule has 0 aliphatic carbocycles. The van der Waals surface area contributed by atoms with Gasteiger partial charge in [0.05, 0.1) is 6.61 Å². The highest BCUT2D eigenvalue weighted by molar-refractivity contribution is 5.37. The standard InChI is InChI=1S/C6H9N3O/c7-6-5(4-10-8)2-1-3-9-6/h1-3H,4,8H2,(H2,7,9). The number of anilines is 1. The van der Waals surface area contributed by atoms with E-state index >= 15 is 0 Å². The van der Waals surface area contributed by atoms with E-state index in [-0.39, 0.29) is 0 Å². The molecule has 1 aromatic heterocycles. The van der Waals surface area contributed by atoms with Crippen LogP contribution in [0.2, 0.25) is 0 Å². The van der Waals surface area contributed by atoms with Crippen molar-refractivity contribution in [3.8, 4) is 0 Å². The maximum absolute atomic E-state index is 5.46. The van der Waals surface area contributed by atoms with Crippen LogP contribution in [0.25, 0.3) is 0 Å². The molecular formula is C6H9N3O. The largest absolute Gasteiger partial charge is 0.383 e. The van der Waals surface area contributed by atoms with E-state index in [1.807, 2.05) is 6.07 Å². The summed E-state index contributed by atoms with van der Waals surface area (Å²) >= 11 is 0. The fourth-order valence-corrected chi connectivity index (χ4v) is 0.663. The average Bonchev–Trinajstić information content (AvgIpc) is 1.94. The lowest BCUT2D eigenvalue weighted by Crippen LogP contribution is -2.03. The van der Waals surface area contributed by atoms with Crippen molar-refractivity contribution in [1.29, 1.82) is 0 Å². The third kappa shape index (κ3) is 1.43. The zero-order valence-corrected chi connectivity index (χ0v) is 5.45. The molecular weight excluding hydrogens is 130 g/mol. The number of nitrogens with zero attached hydrogens (tertiary/aromatic N) is 1. The predicted molar refractivity (Wildman–Crippen MR) is 37.6 cm³/mol. The minimum absolute atomic E-state index is 0.305. The molecule has 0 aromatic carbocycles. The molecule has 54 valence electrons. The van der Waals surface area contributed by atoms with Crippen LogP contribution in [0.4, 0.5) is 5.82 Å². The summed E-state index contributed by atoms with van der Waals surface area (Å²) in [6, 6.07) is 3.60. The Hall–Kier alpha value is -1.13. The van der Waals surface area contributed by atoms with Crippen molar-refractivity contribution in [1.82, 2.24) is 4.98 Å². The van der Waals surface area contributed by atoms with Gasteiger partial charge in [0, 0.05) is 11.8 Å². The highest BCUT2D eigenvalue weighted by atomic mass is 16.6. The number of aromatic nitrogens is 1. The van der Waals surface area contributed by atoms with Crippen molar-refractivity contribution in [3.05, 3.63) is 23.9 Å². The Labute approximate surface area is 58.8 Å². The van der Waals surface area contributed by atoms with E-state index in [0.717, 1.165) is 5.56 Å². The monoisotopic (exact) mass is 139 g/mol. The van der Waals surface area contributed by atoms with Crippen LogP contribution in [0.1, 0.15) is 5.56 Å². The molecule has 0 saturated carbocycles. The predicted octanol–water partition coefficient (Wildman–Crippen LogP) is 0.0541. The van der Waals surface area contributed by atoms with Gasteiger partial charge in [-0.05, 0) is 6.07 Å². The SMILES string of the molecule is NOCc1cccnc1N. The van der Waals surface area contributed by atoms with Gasteiger partial charge in [0.1, 0.15) is 5.82 Å². The summed E-state index contributed by atoms with van der Waals surface area (Å²) in [5.74, 6) is 5.31. The molecule has 4 nitrogen and oxygen atoms in total. The zero-order chi connectivity index (χ0) is 7.40. The van der Waals surface area contributed by atoms with Gasteiger partial charge in [0.15, 0.2) is 0 Å². The Morgan fingerprint density at radius 3 is 3.00 bits per heavy atom. The summed E-state index contributed by atoms with van der Waals surface area (Å²) in [6.07, 6.45) is 1.62. The van der Waals surface area contributed by atoms with Gasteiger partial charge in [0.25, 0.3) is 0 Å². The van der Waals surface area contributed by atoms with Gasteiger partial charge in [0.2, 0.25) is 0 Å². The Balaban J connectivity index is 2.81. The van der Waals surface area contributed by atoms with Gasteiger partial charge in [-0.1, -0.05) is 6.07 Å². The first-order chi connectivity index (χ1) is 4.84. The molecule has 0 aliphatic rings. The molecule has 0 amide bonds. The lowest BCUT2D eigenvalue weighted by Gasteiger charge is -1.99. The summed E-state index contributed by atoms with van der Waals surface area (Å²) in [4.78, 5) is 8.23. The second-order valence-corrected chi connectivity index (χ2v) is 1.86. The fraction of sp³-hybridized carbons (Fsp3) is 0.167. The first-order valence-electron chi connectivity index (χ1n) is 2.85. The first-order valence-corrected chi connectivity index (χ1v) is 2.85. The second-order valence-electron chi connectivity index (χ2n) is 1.86. The topological polar surface area (TPSA) is 74.2 Å². The summed E-state index contributed by atoms with van der Waals surface area (Å²) in [6.45, 7) is 0.305. The Bertz CT molecular complexity index is 214. The number of hydrogen-bond donors (Lipinski definition) is 2. The van der Waals surface area contributed by atoms with Crippen LogP contribution in [0.3, 0.4) is 0 Å². The highest BCUT2D eigenvalue weighted by Gasteiger charge is 1.95. The number of hydrogen-bond acceptors (Lipinski definition) is 4. The van der Waals surface area contributed by atoms with Gasteiger partial charge < -0.3 is 5.73 Å². The Morgan fingerprint density at radius 1 is 1.60 bits per heavy atom. The summed E-state index contributed by atoms with van der Waals surface area (Å²) in [5.41, 5.74) is 6.27. The Kier molecular flexibility index (Phi) is 2.20. The second kappa shape index (κ2) is 3.14. The van der Waals surface area contributed by atoms with Crippen LogP contribution in [-0.2, 0) is 11.4 Å². The molecule has 1 aromatic rings. The van der Waals surface area contributed by atoms with E-state index in [4.69, 9.17) is 11.6 Å². The van der Waals surface area contributed by atoms with Crippen molar-refractivity contribution in [2.24, 2.45) is 5.90 Å². The molecule has 0 spiro atoms. The summed E-state index contributed by atoms with van der Waals surface area (Å²) < 4.78 is 0. The van der Waals surface area contributed by atoms with E-state index in [2.05, 4.69) is 9.82 Å². The third-order valence-electron chi connectivity index (χ3n) is 1.16. The molecule has 4 heteroatoms. The molecule has 0 unspecified atom stereocenters. The van der Waals surface area contributed by atoms with E-state index in [1.165, 1.54) is 0 Å². The molecule has 1 rings (SSSR count). The molecule has 0 fully saturated rings. The minimum Gasteiger partial charge on any atom is -0.383 e. The van der Waals surface area contributed by atoms with Crippen LogP contribution in [0.15, 0.2) is 18.3 Å². The van der Waals surface area contributed by atoms with Crippen LogP contribution < -0.4 is 11.6 Å². The van der Waals surface area contributed by atoms with Crippen LogP contribution in [0, 0.1) is 0 Å². The molecule has 0 atom stereocenters. The van der Waals surface area contributed by atoms with Crippen molar-refractivity contribution in [2.45, 2.75) is 6.61 Å². The van der Waals surface area contributed by atoms with E-state index < -0.39 is 0 Å². The van der Waals surface area contributed by atoms with E-state index in [1.54, 1.807) is 12.3 Å². The molecule has 4 N–H and O–H groups in total. The van der Waals surface area contributed by atoms with Gasteiger partial charge in [-0.25, -0.2) is 10.9 Å². The maximum atomic E-state index is 5.46. The minimum atomic E-state index is 0.305. The number of pyridine rings is 1. The van der Waals surface area contributed by atoms with Crippen molar-refractivity contribution in [2.75, 3.05) is 5.73 Å². The maximum Gasteiger partial charge on any atom is 0.128 e. The van der Waals surface area contributed by atoms with Crippen LogP contribution in [0.5, 0.6) is 0 Å². The first kappa shape index (κ1) is 6.98. The zero-order valence-electron chi connectivity index (χ0n) is 5.45. The summed E-state index contributed by atoms with van der Waals surface area (Å²) in [7, 11) is 0. The molecule has 0 saturated heterocycles. The molecule has 1 heterocycles. The number of nitrogens with two attached hydrogens (primary N) is 2. The number of rotatable bonds is 2. The third-order valence-corrected chi connectivity index (χ3v) is 1.16. The van der Waals surface area contributed by atoms with Gasteiger partial charge in [-0.15, -0.1) is 0 Å². The molecule has 0 bridgehead atoms. The normalized spacial score (nSPS) is 9.70.